The smallest absolute Gasteiger partial charge is 0.290 e. The zero-order valence-electron chi connectivity index (χ0n) is 16.5. The molecule has 2 rings (SSSR count). The highest BCUT2D eigenvalue weighted by atomic mass is 16.3. The number of carbonyl (C=O) groups excluding carboxylic acids is 2. The summed E-state index contributed by atoms with van der Waals surface area (Å²) in [5.41, 5.74) is 2.19. The van der Waals surface area contributed by atoms with E-state index >= 15 is 0 Å². The first kappa shape index (κ1) is 20.0. The number of hydrogen-bond acceptors (Lipinski definition) is 4. The van der Waals surface area contributed by atoms with Crippen molar-refractivity contribution in [1.29, 1.82) is 0 Å². The number of carbonyl (C=O) groups is 2. The molecule has 0 spiro atoms. The summed E-state index contributed by atoms with van der Waals surface area (Å²) in [7, 11) is 0. The van der Waals surface area contributed by atoms with Gasteiger partial charge in [-0.1, -0.05) is 32.9 Å². The van der Waals surface area contributed by atoms with Gasteiger partial charge in [0.25, 0.3) is 5.91 Å². The maximum Gasteiger partial charge on any atom is 0.290 e. The number of hydrogen-bond donors (Lipinski definition) is 1. The van der Waals surface area contributed by atoms with Gasteiger partial charge in [0.05, 0.1) is 11.6 Å². The lowest BCUT2D eigenvalue weighted by Crippen LogP contribution is -2.32. The predicted octanol–water partition coefficient (Wildman–Crippen LogP) is 3.86. The van der Waals surface area contributed by atoms with Crippen molar-refractivity contribution in [3.63, 3.8) is 0 Å². The summed E-state index contributed by atoms with van der Waals surface area (Å²) < 4.78 is 0. The largest absolute Gasteiger partial charge is 0.503 e. The lowest BCUT2D eigenvalue weighted by atomic mass is 9.91. The maximum absolute atomic E-state index is 12.7. The van der Waals surface area contributed by atoms with Gasteiger partial charge in [-0.3, -0.25) is 9.59 Å². The van der Waals surface area contributed by atoms with Crippen molar-refractivity contribution in [3.8, 4) is 0 Å². The number of benzene rings is 1. The van der Waals surface area contributed by atoms with E-state index in [1.165, 1.54) is 0 Å². The van der Waals surface area contributed by atoms with Crippen LogP contribution in [0.25, 0.3) is 0 Å². The third-order valence-corrected chi connectivity index (χ3v) is 4.90. The molecule has 1 aromatic carbocycles. The molecule has 0 radical (unpaired) electrons. The van der Waals surface area contributed by atoms with Gasteiger partial charge in [-0.15, -0.1) is 0 Å². The Kier molecular flexibility index (Phi) is 6.46. The van der Waals surface area contributed by atoms with Crippen LogP contribution in [0.4, 0.5) is 5.69 Å². The Morgan fingerprint density at radius 3 is 2.19 bits per heavy atom. The lowest BCUT2D eigenvalue weighted by molar-refractivity contribution is -0.129. The Labute approximate surface area is 156 Å². The maximum atomic E-state index is 12.7. The molecule has 0 bridgehead atoms. The summed E-state index contributed by atoms with van der Waals surface area (Å²) in [6, 6.07) is 7.44. The molecule has 26 heavy (non-hydrogen) atoms. The molecular weight excluding hydrogens is 328 g/mol. The predicted molar refractivity (Wildman–Crippen MR) is 104 cm³/mol. The van der Waals surface area contributed by atoms with Crippen LogP contribution in [0.15, 0.2) is 35.6 Å². The van der Waals surface area contributed by atoms with E-state index < -0.39 is 17.7 Å². The molecule has 142 valence electrons. The molecule has 1 aliphatic rings. The van der Waals surface area contributed by atoms with Crippen molar-refractivity contribution in [2.24, 2.45) is 5.92 Å². The zero-order chi connectivity index (χ0) is 19.4. The van der Waals surface area contributed by atoms with Crippen LogP contribution in [0, 0.1) is 5.92 Å². The third-order valence-electron chi connectivity index (χ3n) is 4.90. The van der Waals surface area contributed by atoms with E-state index in [4.69, 9.17) is 0 Å². The molecule has 0 fully saturated rings. The average molecular weight is 358 g/mol. The van der Waals surface area contributed by atoms with E-state index in [0.717, 1.165) is 30.8 Å². The number of amides is 1. The minimum atomic E-state index is -0.511. The molecule has 1 heterocycles. The van der Waals surface area contributed by atoms with Gasteiger partial charge in [0.2, 0.25) is 0 Å². The van der Waals surface area contributed by atoms with E-state index in [9.17, 15) is 14.7 Å². The number of nitrogens with zero attached hydrogens (tertiary/aromatic N) is 2. The fourth-order valence-corrected chi connectivity index (χ4v) is 3.49. The number of rotatable bonds is 8. The molecule has 1 N–H and O–H groups in total. The highest BCUT2D eigenvalue weighted by Gasteiger charge is 2.43. The molecule has 1 unspecified atom stereocenters. The summed E-state index contributed by atoms with van der Waals surface area (Å²) in [4.78, 5) is 29.1. The molecule has 1 amide bonds. The second-order valence-corrected chi connectivity index (χ2v) is 6.95. The fraction of sp³-hybridized carbons (Fsp3) is 0.524. The molecule has 5 nitrogen and oxygen atoms in total. The van der Waals surface area contributed by atoms with Crippen molar-refractivity contribution >= 4 is 17.4 Å². The topological polar surface area (TPSA) is 60.9 Å². The van der Waals surface area contributed by atoms with Gasteiger partial charge in [0.15, 0.2) is 11.5 Å². The van der Waals surface area contributed by atoms with E-state index in [0.29, 0.717) is 6.54 Å². The first-order valence-electron chi connectivity index (χ1n) is 9.50. The van der Waals surface area contributed by atoms with Gasteiger partial charge in [0.1, 0.15) is 0 Å². The van der Waals surface area contributed by atoms with Crippen molar-refractivity contribution in [3.05, 3.63) is 41.2 Å². The summed E-state index contributed by atoms with van der Waals surface area (Å²) in [6.45, 7) is 12.1. The molecule has 1 atom stereocenters. The van der Waals surface area contributed by atoms with Crippen LogP contribution in [0.2, 0.25) is 0 Å². The van der Waals surface area contributed by atoms with Crippen molar-refractivity contribution < 1.29 is 14.7 Å². The Bertz CT molecular complexity index is 688. The van der Waals surface area contributed by atoms with Crippen LogP contribution >= 0.6 is 0 Å². The molecule has 1 aliphatic heterocycles. The summed E-state index contributed by atoms with van der Waals surface area (Å²) in [5, 5.41) is 10.4. The SMILES string of the molecule is CCCN1C(=O)C(O)=C(C(=O)C(C)C)C1c1ccc(N(CC)CC)cc1. The Balaban J connectivity index is 2.47. The summed E-state index contributed by atoms with van der Waals surface area (Å²) >= 11 is 0. The lowest BCUT2D eigenvalue weighted by Gasteiger charge is -2.28. The standard InChI is InChI=1S/C21H30N2O3/c1-6-13-23-18(17(19(24)14(4)5)20(25)21(23)26)15-9-11-16(12-10-15)22(7-2)8-3/h9-12,14,18,25H,6-8,13H2,1-5H3. The van der Waals surface area contributed by atoms with Gasteiger partial charge in [-0.25, -0.2) is 0 Å². The Hall–Kier alpha value is -2.30. The normalized spacial score (nSPS) is 17.4. The first-order valence-corrected chi connectivity index (χ1v) is 9.50. The molecule has 0 saturated carbocycles. The first-order chi connectivity index (χ1) is 12.4. The molecule has 1 aromatic rings. The number of aliphatic hydroxyl groups is 1. The van der Waals surface area contributed by atoms with Crippen LogP contribution in [-0.2, 0) is 9.59 Å². The van der Waals surface area contributed by atoms with Gasteiger partial charge >= 0.3 is 0 Å². The average Bonchev–Trinajstić information content (AvgIpc) is 2.88. The number of ketones is 1. The van der Waals surface area contributed by atoms with E-state index in [2.05, 4.69) is 18.7 Å². The summed E-state index contributed by atoms with van der Waals surface area (Å²) in [5.74, 6) is -1.30. The monoisotopic (exact) mass is 358 g/mol. The molecular formula is C21H30N2O3. The zero-order valence-corrected chi connectivity index (χ0v) is 16.5. The highest BCUT2D eigenvalue weighted by Crippen LogP contribution is 2.39. The van der Waals surface area contributed by atoms with E-state index in [1.807, 2.05) is 31.2 Å². The van der Waals surface area contributed by atoms with Gasteiger partial charge in [-0.2, -0.15) is 0 Å². The minimum absolute atomic E-state index is 0.174. The van der Waals surface area contributed by atoms with Crippen LogP contribution in [-0.4, -0.2) is 41.3 Å². The second-order valence-electron chi connectivity index (χ2n) is 6.95. The Morgan fingerprint density at radius 2 is 1.73 bits per heavy atom. The Morgan fingerprint density at radius 1 is 1.15 bits per heavy atom. The second kappa shape index (κ2) is 8.39. The van der Waals surface area contributed by atoms with Gasteiger partial charge < -0.3 is 14.9 Å². The number of aliphatic hydroxyl groups excluding tert-OH is 1. The van der Waals surface area contributed by atoms with Crippen LogP contribution < -0.4 is 4.90 Å². The fourth-order valence-electron chi connectivity index (χ4n) is 3.49. The highest BCUT2D eigenvalue weighted by molar-refractivity contribution is 6.09. The minimum Gasteiger partial charge on any atom is -0.503 e. The number of Topliss-reactive ketones (excluding diaryl/α,β-unsaturated/α-hetero) is 1. The molecule has 5 heteroatoms. The van der Waals surface area contributed by atoms with E-state index in [-0.39, 0.29) is 17.3 Å². The quantitative estimate of drug-likeness (QED) is 0.766. The van der Waals surface area contributed by atoms with E-state index in [1.54, 1.807) is 18.7 Å². The number of anilines is 1. The summed E-state index contributed by atoms with van der Waals surface area (Å²) in [6.07, 6.45) is 0.760. The van der Waals surface area contributed by atoms with Gasteiger partial charge in [0, 0.05) is 31.2 Å². The van der Waals surface area contributed by atoms with Crippen molar-refractivity contribution in [2.75, 3.05) is 24.5 Å². The van der Waals surface area contributed by atoms with Gasteiger partial charge in [-0.05, 0) is 38.0 Å². The van der Waals surface area contributed by atoms with Crippen molar-refractivity contribution in [1.82, 2.24) is 4.90 Å². The molecule has 0 aliphatic carbocycles. The molecule has 0 saturated heterocycles. The third kappa shape index (κ3) is 3.62. The molecule has 0 aromatic heterocycles. The van der Waals surface area contributed by atoms with Crippen LogP contribution in [0.3, 0.4) is 0 Å². The van der Waals surface area contributed by atoms with Crippen LogP contribution in [0.1, 0.15) is 52.6 Å². The van der Waals surface area contributed by atoms with Crippen molar-refractivity contribution in [2.45, 2.75) is 47.1 Å². The van der Waals surface area contributed by atoms with Crippen LogP contribution in [0.5, 0.6) is 0 Å².